The number of halogens is 3. The predicted molar refractivity (Wildman–Crippen MR) is 108 cm³/mol. The molecule has 0 saturated carbocycles. The quantitative estimate of drug-likeness (QED) is 0.436. The zero-order valence-electron chi connectivity index (χ0n) is 16.7. The standard InChI is InChI=1S/C21H13F3N6O3/c22-21(23,24)33-16-4-1-13(2-5-16)14-3-6-18-17(11-14)19(31)30(29-28-18)9-10-32-20-26-8-7-15(12-25)27-20/h1-8,11H,9-10H2. The molecule has 0 aliphatic rings. The average molecular weight is 454 g/mol. The van der Waals surface area contributed by atoms with Crippen molar-refractivity contribution in [3.8, 4) is 29.0 Å². The number of hydrogen-bond acceptors (Lipinski definition) is 8. The topological polar surface area (TPSA) is 116 Å². The molecule has 2 aromatic carbocycles. The van der Waals surface area contributed by atoms with E-state index in [4.69, 9.17) is 10.00 Å². The Kier molecular flexibility index (Phi) is 5.86. The normalized spacial score (nSPS) is 11.2. The molecule has 33 heavy (non-hydrogen) atoms. The molecule has 0 unspecified atom stereocenters. The third-order valence-corrected chi connectivity index (χ3v) is 4.43. The van der Waals surface area contributed by atoms with E-state index in [9.17, 15) is 18.0 Å². The third kappa shape index (κ3) is 5.21. The van der Waals surface area contributed by atoms with Crippen molar-refractivity contribution < 1.29 is 22.6 Å². The molecule has 0 N–H and O–H groups in total. The van der Waals surface area contributed by atoms with Gasteiger partial charge >= 0.3 is 12.4 Å². The summed E-state index contributed by atoms with van der Waals surface area (Å²) in [5, 5.41) is 17.0. The number of fused-ring (bicyclic) bond motifs is 1. The fourth-order valence-electron chi connectivity index (χ4n) is 2.95. The first-order chi connectivity index (χ1) is 15.8. The van der Waals surface area contributed by atoms with Gasteiger partial charge in [0.05, 0.1) is 11.9 Å². The molecule has 4 aromatic rings. The van der Waals surface area contributed by atoms with Gasteiger partial charge < -0.3 is 9.47 Å². The van der Waals surface area contributed by atoms with Gasteiger partial charge in [-0.05, 0) is 41.5 Å². The largest absolute Gasteiger partial charge is 0.573 e. The molecule has 2 heterocycles. The summed E-state index contributed by atoms with van der Waals surface area (Å²) in [7, 11) is 0. The highest BCUT2D eigenvalue weighted by Crippen LogP contribution is 2.27. The lowest BCUT2D eigenvalue weighted by molar-refractivity contribution is -0.274. The average Bonchev–Trinajstić information content (AvgIpc) is 2.80. The van der Waals surface area contributed by atoms with Crippen LogP contribution in [0.15, 0.2) is 59.5 Å². The van der Waals surface area contributed by atoms with Crippen molar-refractivity contribution >= 4 is 10.9 Å². The van der Waals surface area contributed by atoms with Gasteiger partial charge in [-0.2, -0.15) is 10.2 Å². The summed E-state index contributed by atoms with van der Waals surface area (Å²) in [4.78, 5) is 20.6. The monoisotopic (exact) mass is 454 g/mol. The minimum Gasteiger partial charge on any atom is -0.461 e. The summed E-state index contributed by atoms with van der Waals surface area (Å²) < 4.78 is 47.4. The van der Waals surface area contributed by atoms with Crippen LogP contribution in [0, 0.1) is 11.3 Å². The molecule has 0 spiro atoms. The van der Waals surface area contributed by atoms with E-state index < -0.39 is 11.9 Å². The van der Waals surface area contributed by atoms with Crippen molar-refractivity contribution in [2.75, 3.05) is 6.61 Å². The van der Waals surface area contributed by atoms with Gasteiger partial charge in [0.2, 0.25) is 0 Å². The van der Waals surface area contributed by atoms with Crippen molar-refractivity contribution in [3.05, 3.63) is 70.8 Å². The Hall–Kier alpha value is -4.53. The summed E-state index contributed by atoms with van der Waals surface area (Å²) >= 11 is 0. The van der Waals surface area contributed by atoms with E-state index in [1.807, 2.05) is 6.07 Å². The Labute approximate surface area is 183 Å². The van der Waals surface area contributed by atoms with Gasteiger partial charge in [-0.1, -0.05) is 23.4 Å². The second kappa shape index (κ2) is 8.91. The molecule has 9 nitrogen and oxygen atoms in total. The van der Waals surface area contributed by atoms with E-state index in [-0.39, 0.29) is 36.0 Å². The van der Waals surface area contributed by atoms with Crippen LogP contribution in [-0.4, -0.2) is 37.9 Å². The van der Waals surface area contributed by atoms with Crippen LogP contribution in [0.1, 0.15) is 5.69 Å². The Bertz CT molecular complexity index is 1400. The Balaban J connectivity index is 1.53. The van der Waals surface area contributed by atoms with Crippen molar-refractivity contribution in [3.63, 3.8) is 0 Å². The number of benzene rings is 2. The zero-order chi connectivity index (χ0) is 23.4. The maximum atomic E-state index is 12.9. The first-order valence-corrected chi connectivity index (χ1v) is 9.42. The lowest BCUT2D eigenvalue weighted by Crippen LogP contribution is -2.27. The van der Waals surface area contributed by atoms with Gasteiger partial charge in [-0.15, -0.1) is 18.3 Å². The van der Waals surface area contributed by atoms with Crippen LogP contribution in [0.5, 0.6) is 11.8 Å². The SMILES string of the molecule is N#Cc1ccnc(OCCn2nnc3ccc(-c4ccc(OC(F)(F)F)cc4)cc3c2=O)n1. The summed E-state index contributed by atoms with van der Waals surface area (Å²) in [6, 6.07) is 13.5. The van der Waals surface area contributed by atoms with Crippen LogP contribution in [-0.2, 0) is 6.54 Å². The Morgan fingerprint density at radius 3 is 2.55 bits per heavy atom. The molecule has 2 aromatic heterocycles. The lowest BCUT2D eigenvalue weighted by Gasteiger charge is -2.10. The van der Waals surface area contributed by atoms with E-state index in [0.717, 1.165) is 4.68 Å². The number of nitriles is 1. The highest BCUT2D eigenvalue weighted by Gasteiger charge is 2.30. The molecule has 0 fully saturated rings. The fraction of sp³-hybridized carbons (Fsp3) is 0.143. The highest BCUT2D eigenvalue weighted by molar-refractivity contribution is 5.83. The van der Waals surface area contributed by atoms with Gasteiger partial charge in [0.15, 0.2) is 0 Å². The van der Waals surface area contributed by atoms with Crippen molar-refractivity contribution in [2.24, 2.45) is 0 Å². The minimum atomic E-state index is -4.78. The molecule has 0 saturated heterocycles. The number of hydrogen-bond donors (Lipinski definition) is 0. The number of aromatic nitrogens is 5. The van der Waals surface area contributed by atoms with Crippen LogP contribution >= 0.6 is 0 Å². The summed E-state index contributed by atoms with van der Waals surface area (Å²) in [5.41, 5.74) is 1.29. The van der Waals surface area contributed by atoms with Gasteiger partial charge in [0, 0.05) is 6.20 Å². The molecule has 0 aliphatic carbocycles. The van der Waals surface area contributed by atoms with Crippen molar-refractivity contribution in [1.82, 2.24) is 25.0 Å². The molecule has 12 heteroatoms. The number of rotatable bonds is 6. The van der Waals surface area contributed by atoms with Gasteiger partial charge in [0.25, 0.3) is 5.56 Å². The third-order valence-electron chi connectivity index (χ3n) is 4.43. The zero-order valence-corrected chi connectivity index (χ0v) is 16.7. The Morgan fingerprint density at radius 2 is 1.82 bits per heavy atom. The second-order valence-corrected chi connectivity index (χ2v) is 6.61. The van der Waals surface area contributed by atoms with Crippen LogP contribution in [0.2, 0.25) is 0 Å². The molecule has 166 valence electrons. The predicted octanol–water partition coefficient (Wildman–Crippen LogP) is 3.10. The van der Waals surface area contributed by atoms with Crippen molar-refractivity contribution in [2.45, 2.75) is 12.9 Å². The first-order valence-electron chi connectivity index (χ1n) is 9.42. The second-order valence-electron chi connectivity index (χ2n) is 6.61. The molecule has 0 aliphatic heterocycles. The van der Waals surface area contributed by atoms with Crippen molar-refractivity contribution in [1.29, 1.82) is 5.26 Å². The molecule has 4 rings (SSSR count). The van der Waals surface area contributed by atoms with E-state index in [1.165, 1.54) is 36.5 Å². The maximum absolute atomic E-state index is 12.9. The number of alkyl halides is 3. The van der Waals surface area contributed by atoms with Crippen LogP contribution < -0.4 is 15.0 Å². The molecule has 0 amide bonds. The first kappa shape index (κ1) is 21.7. The van der Waals surface area contributed by atoms with E-state index in [0.29, 0.717) is 16.6 Å². The maximum Gasteiger partial charge on any atom is 0.573 e. The molecular weight excluding hydrogens is 441 g/mol. The molecular formula is C21H13F3N6O3. The Morgan fingerprint density at radius 1 is 1.06 bits per heavy atom. The summed E-state index contributed by atoms with van der Waals surface area (Å²) in [5.74, 6) is -0.343. The smallest absolute Gasteiger partial charge is 0.461 e. The molecule has 0 atom stereocenters. The van der Waals surface area contributed by atoms with E-state index in [1.54, 1.807) is 18.2 Å². The molecule has 0 bridgehead atoms. The lowest BCUT2D eigenvalue weighted by atomic mass is 10.0. The summed E-state index contributed by atoms with van der Waals surface area (Å²) in [6.45, 7) is 0.0605. The van der Waals surface area contributed by atoms with Gasteiger partial charge in [-0.25, -0.2) is 9.67 Å². The fourth-order valence-corrected chi connectivity index (χ4v) is 2.95. The molecule has 0 radical (unpaired) electrons. The van der Waals surface area contributed by atoms with E-state index in [2.05, 4.69) is 25.0 Å². The highest BCUT2D eigenvalue weighted by atomic mass is 19.4. The van der Waals surface area contributed by atoms with Crippen LogP contribution in [0.25, 0.3) is 22.0 Å². The van der Waals surface area contributed by atoms with E-state index >= 15 is 0 Å². The summed E-state index contributed by atoms with van der Waals surface area (Å²) in [6.07, 6.45) is -3.39. The minimum absolute atomic E-state index is 0.00363. The van der Waals surface area contributed by atoms with Gasteiger partial charge in [0.1, 0.15) is 29.6 Å². The van der Waals surface area contributed by atoms with Crippen LogP contribution in [0.3, 0.4) is 0 Å². The van der Waals surface area contributed by atoms with Gasteiger partial charge in [-0.3, -0.25) is 4.79 Å². The number of nitrogens with zero attached hydrogens (tertiary/aromatic N) is 6. The number of ether oxygens (including phenoxy) is 2. The van der Waals surface area contributed by atoms with Crippen LogP contribution in [0.4, 0.5) is 13.2 Å².